The van der Waals surface area contributed by atoms with E-state index in [1.165, 1.54) is 39.4 Å². The van der Waals surface area contributed by atoms with E-state index in [2.05, 4.69) is 0 Å². The molecular weight excluding hydrogens is 548 g/mol. The van der Waals surface area contributed by atoms with Crippen LogP contribution in [0, 0.1) is 11.8 Å². The van der Waals surface area contributed by atoms with Crippen LogP contribution in [0.2, 0.25) is 0 Å². The molecule has 0 spiro atoms. The van der Waals surface area contributed by atoms with Crippen molar-refractivity contribution in [3.63, 3.8) is 0 Å². The summed E-state index contributed by atoms with van der Waals surface area (Å²) in [5.41, 5.74) is 11.8. The minimum Gasteiger partial charge on any atom is -0.478 e. The van der Waals surface area contributed by atoms with E-state index in [-0.39, 0.29) is 34.5 Å². The van der Waals surface area contributed by atoms with Gasteiger partial charge in [-0.3, -0.25) is 9.59 Å². The third-order valence-electron chi connectivity index (χ3n) is 7.03. The number of amides is 1. The second-order valence-electron chi connectivity index (χ2n) is 10.1. The number of hydrogen-bond acceptors (Lipinski definition) is 10. The number of allylic oxidation sites excluding steroid dienone is 5. The first-order chi connectivity index (χ1) is 19.7. The minimum atomic E-state index is -1.07. The van der Waals surface area contributed by atoms with Gasteiger partial charge in [0.15, 0.2) is 11.9 Å². The number of hydrogen-bond donors (Lipinski definition) is 3. The zero-order chi connectivity index (χ0) is 32.1. The number of ether oxygens (including phenoxy) is 5. The van der Waals surface area contributed by atoms with Crippen molar-refractivity contribution in [3.05, 3.63) is 58.9 Å². The maximum absolute atomic E-state index is 12.7. The number of carbonyl (C=O) groups excluding carboxylic acids is 3. The zero-order valence-corrected chi connectivity index (χ0v) is 25.5. The molecular formula is C30H44N2O10. The molecule has 0 aromatic rings. The smallest absolute Gasteiger partial charge is 0.405 e. The third-order valence-corrected chi connectivity index (χ3v) is 7.03. The summed E-state index contributed by atoms with van der Waals surface area (Å²) in [5, 5.41) is 9.06. The summed E-state index contributed by atoms with van der Waals surface area (Å²) < 4.78 is 28.1. The highest BCUT2D eigenvalue weighted by Crippen LogP contribution is 2.29. The Hall–Kier alpha value is -3.58. The molecule has 1 aliphatic carbocycles. The largest absolute Gasteiger partial charge is 0.478 e. The molecule has 0 aliphatic heterocycles. The number of ketones is 2. The molecule has 12 heteroatoms. The van der Waals surface area contributed by atoms with Crippen LogP contribution >= 0.6 is 0 Å². The highest BCUT2D eigenvalue weighted by atomic mass is 16.6. The Morgan fingerprint density at radius 3 is 2.14 bits per heavy atom. The van der Waals surface area contributed by atoms with Gasteiger partial charge < -0.3 is 40.3 Å². The molecule has 0 heterocycles. The number of nitrogens with two attached hydrogens (primary N) is 2. The van der Waals surface area contributed by atoms with Gasteiger partial charge >= 0.3 is 12.1 Å². The number of primary amides is 1. The van der Waals surface area contributed by atoms with E-state index in [0.717, 1.165) is 6.08 Å². The lowest BCUT2D eigenvalue weighted by Crippen LogP contribution is -2.40. The lowest BCUT2D eigenvalue weighted by molar-refractivity contribution is -0.132. The fourth-order valence-electron chi connectivity index (χ4n) is 4.91. The lowest BCUT2D eigenvalue weighted by Gasteiger charge is -2.34. The van der Waals surface area contributed by atoms with Gasteiger partial charge in [-0.05, 0) is 37.8 Å². The molecule has 42 heavy (non-hydrogen) atoms. The average Bonchev–Trinajstić information content (AvgIpc) is 2.92. The Kier molecular flexibility index (Phi) is 15.1. The van der Waals surface area contributed by atoms with Crippen LogP contribution in [0.25, 0.3) is 0 Å². The molecule has 1 rings (SSSR count). The minimum absolute atomic E-state index is 0.114. The van der Waals surface area contributed by atoms with Gasteiger partial charge in [0.05, 0.1) is 24.0 Å². The molecule has 0 bridgehead atoms. The van der Waals surface area contributed by atoms with E-state index >= 15 is 0 Å². The number of carbonyl (C=O) groups is 4. The normalized spacial score (nSPS) is 19.8. The van der Waals surface area contributed by atoms with Crippen LogP contribution < -0.4 is 11.5 Å². The number of rotatable bonds is 17. The van der Waals surface area contributed by atoms with E-state index in [0.29, 0.717) is 12.0 Å². The van der Waals surface area contributed by atoms with Crippen molar-refractivity contribution in [2.45, 2.75) is 64.6 Å². The quantitative estimate of drug-likeness (QED) is 0.0975. The van der Waals surface area contributed by atoms with E-state index in [9.17, 15) is 19.2 Å². The molecule has 0 unspecified atom stereocenters. The number of aliphatic carboxylic acids is 1. The molecule has 0 radical (unpaired) electrons. The second-order valence-corrected chi connectivity index (χ2v) is 10.1. The summed E-state index contributed by atoms with van der Waals surface area (Å²) >= 11 is 0. The van der Waals surface area contributed by atoms with Crippen LogP contribution in [0.4, 0.5) is 4.79 Å². The summed E-state index contributed by atoms with van der Waals surface area (Å²) in [6.45, 7) is 6.97. The number of carboxylic acid groups (broad SMARTS) is 1. The highest BCUT2D eigenvalue weighted by Gasteiger charge is 2.35. The Labute approximate surface area is 247 Å². The first-order valence-electron chi connectivity index (χ1n) is 13.3. The molecule has 5 N–H and O–H groups in total. The molecule has 234 valence electrons. The maximum atomic E-state index is 12.7. The van der Waals surface area contributed by atoms with Crippen molar-refractivity contribution in [3.8, 4) is 0 Å². The highest BCUT2D eigenvalue weighted by molar-refractivity contribution is 6.20. The molecule has 12 nitrogen and oxygen atoms in total. The number of Topliss-reactive ketones (excluding diaryl/α,β-unsaturated/α-hetero) is 1. The first kappa shape index (κ1) is 36.4. The second kappa shape index (κ2) is 17.4. The van der Waals surface area contributed by atoms with Gasteiger partial charge in [0.2, 0.25) is 5.78 Å². The Bertz CT molecular complexity index is 1140. The van der Waals surface area contributed by atoms with Crippen molar-refractivity contribution < 1.29 is 48.0 Å². The summed E-state index contributed by atoms with van der Waals surface area (Å²) in [7, 11) is 5.96. The van der Waals surface area contributed by atoms with Gasteiger partial charge in [0.1, 0.15) is 6.10 Å². The molecule has 0 aromatic carbocycles. The summed E-state index contributed by atoms with van der Waals surface area (Å²) in [4.78, 5) is 47.5. The fourth-order valence-corrected chi connectivity index (χ4v) is 4.91. The van der Waals surface area contributed by atoms with Crippen LogP contribution in [-0.4, -0.2) is 87.7 Å². The lowest BCUT2D eigenvalue weighted by atomic mass is 9.84. The number of carboxylic acids is 1. The maximum Gasteiger partial charge on any atom is 0.405 e. The van der Waals surface area contributed by atoms with Crippen LogP contribution in [0.15, 0.2) is 58.9 Å². The molecule has 1 amide bonds. The Morgan fingerprint density at radius 2 is 1.64 bits per heavy atom. The Balaban J connectivity index is 3.24. The average molecular weight is 593 g/mol. The fraction of sp³-hybridized carbons (Fsp3) is 0.533. The van der Waals surface area contributed by atoms with E-state index < -0.39 is 48.4 Å². The van der Waals surface area contributed by atoms with E-state index in [1.807, 2.05) is 19.9 Å². The van der Waals surface area contributed by atoms with Gasteiger partial charge in [-0.1, -0.05) is 38.2 Å². The Morgan fingerprint density at radius 1 is 1.00 bits per heavy atom. The topological polar surface area (TPSA) is 187 Å². The van der Waals surface area contributed by atoms with Crippen LogP contribution in [0.3, 0.4) is 0 Å². The number of methoxy groups -OCH3 is 4. The van der Waals surface area contributed by atoms with Gasteiger partial charge in [-0.25, -0.2) is 9.59 Å². The molecule has 0 aromatic heterocycles. The van der Waals surface area contributed by atoms with E-state index in [1.54, 1.807) is 27.2 Å². The van der Waals surface area contributed by atoms with Crippen molar-refractivity contribution in [1.82, 2.24) is 0 Å². The molecule has 0 saturated heterocycles. The predicted octanol–water partition coefficient (Wildman–Crippen LogP) is 2.63. The molecule has 0 saturated carbocycles. The van der Waals surface area contributed by atoms with Gasteiger partial charge in [-0.15, -0.1) is 0 Å². The third kappa shape index (κ3) is 10.4. The summed E-state index contributed by atoms with van der Waals surface area (Å²) in [6, 6.07) is 0. The van der Waals surface area contributed by atoms with Crippen molar-refractivity contribution >= 4 is 23.6 Å². The van der Waals surface area contributed by atoms with Crippen LogP contribution in [0.5, 0.6) is 0 Å². The molecule has 1 aliphatic rings. The van der Waals surface area contributed by atoms with Crippen molar-refractivity contribution in [1.29, 1.82) is 0 Å². The first-order valence-corrected chi connectivity index (χ1v) is 13.3. The van der Waals surface area contributed by atoms with E-state index in [4.69, 9.17) is 40.3 Å². The molecule has 0 fully saturated rings. The SMILES string of the molecule is CO[C@@H]([C@H](C[C@H](C)[C@@H](OC)C1=CC(=O)C=C(N)C1=O)OC)[C@@H](C)/C=C(\C)[C@H](OC(N)=O)[C@H](/C=C\C=C(/C)C(=O)O)OC. The van der Waals surface area contributed by atoms with Gasteiger partial charge in [0.25, 0.3) is 0 Å². The van der Waals surface area contributed by atoms with Crippen molar-refractivity contribution in [2.75, 3.05) is 28.4 Å². The van der Waals surface area contributed by atoms with Gasteiger partial charge in [-0.2, -0.15) is 0 Å². The van der Waals surface area contributed by atoms with Gasteiger partial charge in [0, 0.05) is 51.6 Å². The summed E-state index contributed by atoms with van der Waals surface area (Å²) in [6.07, 6.45) is 4.67. The van der Waals surface area contributed by atoms with Crippen molar-refractivity contribution in [2.24, 2.45) is 23.3 Å². The van der Waals surface area contributed by atoms with Crippen LogP contribution in [-0.2, 0) is 38.1 Å². The zero-order valence-electron chi connectivity index (χ0n) is 25.5. The monoisotopic (exact) mass is 592 g/mol. The standard InChI is InChI=1S/C30H44N2O10/c1-16(29(35)36)10-9-11-23(38-5)28(42-30(32)37)18(3)12-17(2)27(41-8)24(39-6)13-19(4)26(40-7)21-14-20(33)15-22(31)25(21)34/h9-12,14-15,17,19,23-24,26-28H,13,31H2,1-8H3,(H2,32,37)(H,35,36)/b11-9-,16-10+,18-12+/t17-,19-,23-,24-,26+,27+,28-/m0/s1. The van der Waals surface area contributed by atoms with Crippen LogP contribution in [0.1, 0.15) is 34.1 Å². The molecule has 7 atom stereocenters. The predicted molar refractivity (Wildman–Crippen MR) is 155 cm³/mol. The summed E-state index contributed by atoms with van der Waals surface area (Å²) in [5.74, 6) is -2.45.